The molecule has 0 bridgehead atoms. The molecule has 1 heterocycles. The van der Waals surface area contributed by atoms with Crippen LogP contribution in [0.3, 0.4) is 0 Å². The number of hydrogen-bond acceptors (Lipinski definition) is 4. The van der Waals surface area contributed by atoms with Crippen LogP contribution in [0.5, 0.6) is 5.75 Å². The molecule has 1 aliphatic heterocycles. The highest BCUT2D eigenvalue weighted by atomic mass is 16.5. The van der Waals surface area contributed by atoms with E-state index in [0.29, 0.717) is 29.8 Å². The van der Waals surface area contributed by atoms with Crippen LogP contribution in [0, 0.1) is 0 Å². The van der Waals surface area contributed by atoms with Gasteiger partial charge >= 0.3 is 0 Å². The molecule has 0 aliphatic carbocycles. The van der Waals surface area contributed by atoms with Crippen molar-refractivity contribution in [1.29, 1.82) is 0 Å². The maximum atomic E-state index is 12.8. The van der Waals surface area contributed by atoms with Crippen molar-refractivity contribution in [2.75, 3.05) is 17.7 Å². The third-order valence-electron chi connectivity index (χ3n) is 4.06. The molecule has 0 aromatic heterocycles. The van der Waals surface area contributed by atoms with Gasteiger partial charge in [0.1, 0.15) is 11.5 Å². The number of ether oxygens (including phenoxy) is 1. The fraction of sp³-hybridized carbons (Fsp3) is 0.263. The van der Waals surface area contributed by atoms with Gasteiger partial charge in [-0.3, -0.25) is 9.59 Å². The first kappa shape index (κ1) is 16.1. The number of para-hydroxylation sites is 3. The van der Waals surface area contributed by atoms with Gasteiger partial charge < -0.3 is 15.4 Å². The van der Waals surface area contributed by atoms with Gasteiger partial charge in [0, 0.05) is 18.9 Å². The summed E-state index contributed by atoms with van der Waals surface area (Å²) in [4.78, 5) is 24.7. The summed E-state index contributed by atoms with van der Waals surface area (Å²) in [6.07, 6.45) is 0.810. The van der Waals surface area contributed by atoms with Crippen molar-refractivity contribution in [3.8, 4) is 5.75 Å². The normalized spacial score (nSPS) is 16.6. The van der Waals surface area contributed by atoms with Crippen molar-refractivity contribution in [2.24, 2.45) is 0 Å². The standard InChI is InChI=1S/C19H20N2O3/c1-12-10-14(22)11-13-6-5-7-15(18(13)20-12)19(23)21-16-8-3-4-9-17(16)24-2/h3-9,12,20H,10-11H2,1-2H3,(H,21,23). The average Bonchev–Trinajstić information content (AvgIpc) is 2.71. The molecule has 1 atom stereocenters. The maximum absolute atomic E-state index is 12.8. The molecule has 0 fully saturated rings. The van der Waals surface area contributed by atoms with Gasteiger partial charge in [-0.25, -0.2) is 0 Å². The molecular formula is C19H20N2O3. The van der Waals surface area contributed by atoms with Crippen LogP contribution in [0.4, 0.5) is 11.4 Å². The number of Topliss-reactive ketones (excluding diaryl/α,β-unsaturated/α-hetero) is 1. The predicted octanol–water partition coefficient (Wildman–Crippen LogP) is 3.26. The monoisotopic (exact) mass is 324 g/mol. The van der Waals surface area contributed by atoms with Gasteiger partial charge in [0.2, 0.25) is 0 Å². The van der Waals surface area contributed by atoms with E-state index >= 15 is 0 Å². The van der Waals surface area contributed by atoms with Gasteiger partial charge in [-0.2, -0.15) is 0 Å². The van der Waals surface area contributed by atoms with Gasteiger partial charge in [0.25, 0.3) is 5.91 Å². The lowest BCUT2D eigenvalue weighted by Crippen LogP contribution is -2.20. The average molecular weight is 324 g/mol. The number of amides is 1. The van der Waals surface area contributed by atoms with E-state index in [1.165, 1.54) is 0 Å². The molecule has 124 valence electrons. The summed E-state index contributed by atoms with van der Waals surface area (Å²) in [5.74, 6) is 0.547. The number of rotatable bonds is 3. The third kappa shape index (κ3) is 3.25. The summed E-state index contributed by atoms with van der Waals surface area (Å²) in [7, 11) is 1.56. The minimum Gasteiger partial charge on any atom is -0.495 e. The van der Waals surface area contributed by atoms with Crippen LogP contribution in [-0.2, 0) is 11.2 Å². The summed E-state index contributed by atoms with van der Waals surface area (Å²) >= 11 is 0. The Hall–Kier alpha value is -2.82. The topological polar surface area (TPSA) is 67.4 Å². The van der Waals surface area contributed by atoms with E-state index in [-0.39, 0.29) is 17.7 Å². The van der Waals surface area contributed by atoms with E-state index in [2.05, 4.69) is 10.6 Å². The number of ketones is 1. The van der Waals surface area contributed by atoms with Crippen molar-refractivity contribution in [1.82, 2.24) is 0 Å². The fourth-order valence-electron chi connectivity index (χ4n) is 2.97. The van der Waals surface area contributed by atoms with Crippen LogP contribution < -0.4 is 15.4 Å². The first-order chi connectivity index (χ1) is 11.6. The second kappa shape index (κ2) is 6.74. The molecule has 5 heteroatoms. The van der Waals surface area contributed by atoms with E-state index in [1.807, 2.05) is 25.1 Å². The fourth-order valence-corrected chi connectivity index (χ4v) is 2.97. The quantitative estimate of drug-likeness (QED) is 0.909. The molecule has 0 spiro atoms. The van der Waals surface area contributed by atoms with Crippen molar-refractivity contribution in [3.63, 3.8) is 0 Å². The Morgan fingerprint density at radius 2 is 2.00 bits per heavy atom. The Kier molecular flexibility index (Phi) is 4.51. The number of carbonyl (C=O) groups excluding carboxylic acids is 2. The number of fused-ring (bicyclic) bond motifs is 1. The first-order valence-corrected chi connectivity index (χ1v) is 7.93. The van der Waals surface area contributed by atoms with Crippen molar-refractivity contribution >= 4 is 23.1 Å². The zero-order valence-corrected chi connectivity index (χ0v) is 13.8. The summed E-state index contributed by atoms with van der Waals surface area (Å²) in [6, 6.07) is 12.7. The number of anilines is 2. The van der Waals surface area contributed by atoms with Crippen LogP contribution in [0.1, 0.15) is 29.3 Å². The van der Waals surface area contributed by atoms with Gasteiger partial charge in [-0.15, -0.1) is 0 Å². The zero-order chi connectivity index (χ0) is 17.1. The summed E-state index contributed by atoms with van der Waals surface area (Å²) in [5.41, 5.74) is 2.74. The number of nitrogens with one attached hydrogen (secondary N) is 2. The molecule has 0 saturated carbocycles. The third-order valence-corrected chi connectivity index (χ3v) is 4.06. The van der Waals surface area contributed by atoms with E-state index in [9.17, 15) is 9.59 Å². The SMILES string of the molecule is COc1ccccc1NC(=O)c1cccc2c1NC(C)CC(=O)C2. The molecule has 5 nitrogen and oxygen atoms in total. The maximum Gasteiger partial charge on any atom is 0.257 e. The molecule has 2 N–H and O–H groups in total. The molecule has 2 aromatic rings. The molecule has 24 heavy (non-hydrogen) atoms. The molecule has 0 saturated heterocycles. The Morgan fingerprint density at radius 1 is 1.21 bits per heavy atom. The lowest BCUT2D eigenvalue weighted by molar-refractivity contribution is -0.118. The van der Waals surface area contributed by atoms with Crippen LogP contribution in [-0.4, -0.2) is 24.8 Å². The molecule has 2 aromatic carbocycles. The van der Waals surface area contributed by atoms with E-state index in [4.69, 9.17) is 4.74 Å². The lowest BCUT2D eigenvalue weighted by atomic mass is 10.0. The Labute approximate surface area is 141 Å². The molecule has 0 radical (unpaired) electrons. The minimum atomic E-state index is -0.231. The summed E-state index contributed by atoms with van der Waals surface area (Å²) in [6.45, 7) is 1.95. The van der Waals surface area contributed by atoms with Crippen LogP contribution in [0.25, 0.3) is 0 Å². The number of hydrogen-bond donors (Lipinski definition) is 2. The first-order valence-electron chi connectivity index (χ1n) is 7.93. The molecule has 1 unspecified atom stereocenters. The van der Waals surface area contributed by atoms with Gasteiger partial charge in [0.15, 0.2) is 0 Å². The summed E-state index contributed by atoms with van der Waals surface area (Å²) < 4.78 is 5.27. The van der Waals surface area contributed by atoms with Gasteiger partial charge in [0.05, 0.1) is 24.0 Å². The van der Waals surface area contributed by atoms with Gasteiger partial charge in [-0.1, -0.05) is 24.3 Å². The second-order valence-corrected chi connectivity index (χ2v) is 5.96. The zero-order valence-electron chi connectivity index (χ0n) is 13.8. The number of benzene rings is 2. The molecule has 3 rings (SSSR count). The van der Waals surface area contributed by atoms with E-state index < -0.39 is 0 Å². The Balaban J connectivity index is 1.94. The largest absolute Gasteiger partial charge is 0.495 e. The van der Waals surface area contributed by atoms with E-state index in [0.717, 1.165) is 11.3 Å². The van der Waals surface area contributed by atoms with Crippen LogP contribution in [0.2, 0.25) is 0 Å². The van der Waals surface area contributed by atoms with Gasteiger partial charge in [-0.05, 0) is 30.7 Å². The highest BCUT2D eigenvalue weighted by molar-refractivity contribution is 6.09. The predicted molar refractivity (Wildman–Crippen MR) is 93.8 cm³/mol. The molecular weight excluding hydrogens is 304 g/mol. The molecule has 1 aliphatic rings. The Bertz CT molecular complexity index is 786. The second-order valence-electron chi connectivity index (χ2n) is 5.96. The van der Waals surface area contributed by atoms with Crippen LogP contribution in [0.15, 0.2) is 42.5 Å². The highest BCUT2D eigenvalue weighted by Gasteiger charge is 2.23. The van der Waals surface area contributed by atoms with Crippen molar-refractivity contribution in [3.05, 3.63) is 53.6 Å². The highest BCUT2D eigenvalue weighted by Crippen LogP contribution is 2.29. The molecule has 1 amide bonds. The van der Waals surface area contributed by atoms with Crippen molar-refractivity contribution in [2.45, 2.75) is 25.8 Å². The van der Waals surface area contributed by atoms with Crippen molar-refractivity contribution < 1.29 is 14.3 Å². The smallest absolute Gasteiger partial charge is 0.257 e. The lowest BCUT2D eigenvalue weighted by Gasteiger charge is -2.17. The summed E-state index contributed by atoms with van der Waals surface area (Å²) in [5, 5.41) is 6.19. The number of methoxy groups -OCH3 is 1. The van der Waals surface area contributed by atoms with E-state index in [1.54, 1.807) is 31.4 Å². The van der Waals surface area contributed by atoms with Crippen LogP contribution >= 0.6 is 0 Å². The number of carbonyl (C=O) groups is 2. The Morgan fingerprint density at radius 3 is 2.79 bits per heavy atom. The minimum absolute atomic E-state index is 0.000962.